The van der Waals surface area contributed by atoms with Crippen molar-refractivity contribution in [3.05, 3.63) is 82.4 Å². The summed E-state index contributed by atoms with van der Waals surface area (Å²) in [4.78, 5) is 16.9. The molecule has 0 unspecified atom stereocenters. The largest absolute Gasteiger partial charge is 0.423 e. The van der Waals surface area contributed by atoms with Gasteiger partial charge in [0.2, 0.25) is 27.7 Å². The first-order valence-electron chi connectivity index (χ1n) is 12.1. The van der Waals surface area contributed by atoms with E-state index in [0.717, 1.165) is 36.4 Å². The van der Waals surface area contributed by atoms with Gasteiger partial charge in [0.1, 0.15) is 23.7 Å². The molecule has 2 aromatic carbocycles. The van der Waals surface area contributed by atoms with Crippen LogP contribution in [-0.4, -0.2) is 49.4 Å². The van der Waals surface area contributed by atoms with Crippen molar-refractivity contribution >= 4 is 21.8 Å². The summed E-state index contributed by atoms with van der Waals surface area (Å²) in [5, 5.41) is 16.7. The Morgan fingerprint density at radius 2 is 1.79 bits per heavy atom. The minimum Gasteiger partial charge on any atom is -0.423 e. The van der Waals surface area contributed by atoms with E-state index in [-0.39, 0.29) is 42.4 Å². The van der Waals surface area contributed by atoms with Crippen molar-refractivity contribution in [1.29, 1.82) is 0 Å². The fraction of sp³-hybridized carbons (Fsp3) is 0.385. The summed E-state index contributed by atoms with van der Waals surface area (Å²) in [6, 6.07) is 10.1. The van der Waals surface area contributed by atoms with Crippen molar-refractivity contribution in [1.82, 2.24) is 15.6 Å². The first-order valence-corrected chi connectivity index (χ1v) is 14.0. The zero-order valence-electron chi connectivity index (χ0n) is 21.4. The number of amides is 1. The van der Waals surface area contributed by atoms with Gasteiger partial charge in [0.05, 0.1) is 18.4 Å². The predicted octanol–water partition coefficient (Wildman–Crippen LogP) is 2.62. The smallest absolute Gasteiger partial charge is 0.232 e. The Labute approximate surface area is 220 Å². The van der Waals surface area contributed by atoms with E-state index < -0.39 is 39.7 Å². The number of benzene rings is 2. The standard InChI is InChI=1S/C26H32F2N4O5S/c1-4-17-6-5-7-18(8-17)14-29-15-23(33)22(11-19-9-20(27)12-21(28)10-19)31-24(34)13-25-30-16(2)26(37-25)32-38(3,35)36/h5-10,12,22-23,29,32-33H,4,11,13-15H2,1-3H3,(H,31,34)/t22-,23+/m0/s1. The molecule has 3 aromatic rings. The topological polar surface area (TPSA) is 134 Å². The molecule has 0 bridgehead atoms. The second kappa shape index (κ2) is 12.9. The molecular weight excluding hydrogens is 518 g/mol. The lowest BCUT2D eigenvalue weighted by molar-refractivity contribution is -0.122. The third-order valence-corrected chi connectivity index (χ3v) is 6.26. The first kappa shape index (κ1) is 29.2. The van der Waals surface area contributed by atoms with Gasteiger partial charge in [-0.05, 0) is 48.6 Å². The van der Waals surface area contributed by atoms with Crippen molar-refractivity contribution in [3.8, 4) is 0 Å². The number of nitrogens with one attached hydrogen (secondary N) is 3. The van der Waals surface area contributed by atoms with Crippen LogP contribution in [0.1, 0.15) is 35.2 Å². The van der Waals surface area contributed by atoms with Crippen molar-refractivity contribution in [2.24, 2.45) is 0 Å². The molecule has 1 amide bonds. The Morgan fingerprint density at radius 3 is 2.45 bits per heavy atom. The maximum atomic E-state index is 13.8. The average Bonchev–Trinajstić information content (AvgIpc) is 3.14. The third-order valence-electron chi connectivity index (χ3n) is 5.70. The zero-order valence-corrected chi connectivity index (χ0v) is 22.2. The molecule has 0 radical (unpaired) electrons. The molecule has 9 nitrogen and oxygen atoms in total. The van der Waals surface area contributed by atoms with Crippen LogP contribution in [0.5, 0.6) is 0 Å². The number of hydrogen-bond acceptors (Lipinski definition) is 7. The van der Waals surface area contributed by atoms with E-state index in [1.165, 1.54) is 12.5 Å². The molecule has 4 N–H and O–H groups in total. The highest BCUT2D eigenvalue weighted by Gasteiger charge is 2.24. The number of aliphatic hydroxyl groups excluding tert-OH is 1. The Balaban J connectivity index is 1.69. The number of sulfonamides is 1. The molecular formula is C26H32F2N4O5S. The quantitative estimate of drug-likeness (QED) is 0.257. The minimum atomic E-state index is -3.61. The van der Waals surface area contributed by atoms with E-state index in [9.17, 15) is 27.1 Å². The number of carbonyl (C=O) groups excluding carboxylic acids is 1. The maximum absolute atomic E-state index is 13.8. The van der Waals surface area contributed by atoms with Gasteiger partial charge < -0.3 is 20.2 Å². The number of carbonyl (C=O) groups is 1. The second-order valence-electron chi connectivity index (χ2n) is 9.10. The lowest BCUT2D eigenvalue weighted by Crippen LogP contribution is -2.49. The molecule has 0 spiro atoms. The monoisotopic (exact) mass is 550 g/mol. The van der Waals surface area contributed by atoms with Crippen LogP contribution in [0.15, 0.2) is 46.9 Å². The Bertz CT molecular complexity index is 1340. The minimum absolute atomic E-state index is 0.0369. The third kappa shape index (κ3) is 9.19. The summed E-state index contributed by atoms with van der Waals surface area (Å²) >= 11 is 0. The number of hydrogen-bond donors (Lipinski definition) is 4. The lowest BCUT2D eigenvalue weighted by atomic mass is 10.00. The highest BCUT2D eigenvalue weighted by molar-refractivity contribution is 7.92. The summed E-state index contributed by atoms with van der Waals surface area (Å²) < 4.78 is 58.0. The van der Waals surface area contributed by atoms with Gasteiger partial charge in [0, 0.05) is 19.2 Å². The van der Waals surface area contributed by atoms with Crippen molar-refractivity contribution in [3.63, 3.8) is 0 Å². The molecule has 0 aliphatic carbocycles. The van der Waals surface area contributed by atoms with E-state index in [1.807, 2.05) is 18.2 Å². The van der Waals surface area contributed by atoms with Gasteiger partial charge in [-0.1, -0.05) is 31.2 Å². The fourth-order valence-electron chi connectivity index (χ4n) is 3.92. The number of rotatable bonds is 13. The van der Waals surface area contributed by atoms with Crippen LogP contribution in [-0.2, 0) is 40.6 Å². The van der Waals surface area contributed by atoms with Crippen molar-refractivity contribution in [2.45, 2.75) is 51.8 Å². The Kier molecular flexibility index (Phi) is 9.95. The molecule has 1 aromatic heterocycles. The van der Waals surface area contributed by atoms with Gasteiger partial charge in [-0.25, -0.2) is 22.2 Å². The summed E-state index contributed by atoms with van der Waals surface area (Å²) in [5.74, 6) is -2.25. The van der Waals surface area contributed by atoms with Gasteiger partial charge in [-0.3, -0.25) is 9.52 Å². The summed E-state index contributed by atoms with van der Waals surface area (Å²) in [5.41, 5.74) is 2.72. The second-order valence-corrected chi connectivity index (χ2v) is 10.8. The maximum Gasteiger partial charge on any atom is 0.232 e. The molecule has 0 saturated carbocycles. The zero-order chi connectivity index (χ0) is 27.9. The predicted molar refractivity (Wildman–Crippen MR) is 139 cm³/mol. The van der Waals surface area contributed by atoms with Crippen LogP contribution in [0.4, 0.5) is 14.7 Å². The molecule has 1 heterocycles. The van der Waals surface area contributed by atoms with Crippen LogP contribution in [0.3, 0.4) is 0 Å². The SMILES string of the molecule is CCc1cccc(CNC[C@@H](O)[C@H](Cc2cc(F)cc(F)c2)NC(=O)Cc2nc(C)c(NS(C)(=O)=O)o2)c1. The molecule has 0 aliphatic rings. The molecule has 2 atom stereocenters. The molecule has 12 heteroatoms. The number of anilines is 1. The van der Waals surface area contributed by atoms with Crippen molar-refractivity contribution in [2.75, 3.05) is 17.5 Å². The average molecular weight is 551 g/mol. The number of aliphatic hydroxyl groups is 1. The molecule has 0 aliphatic heterocycles. The van der Waals surface area contributed by atoms with Gasteiger partial charge in [-0.15, -0.1) is 0 Å². The lowest BCUT2D eigenvalue weighted by Gasteiger charge is -2.25. The van der Waals surface area contributed by atoms with Crippen LogP contribution in [0, 0.1) is 18.6 Å². The van der Waals surface area contributed by atoms with E-state index >= 15 is 0 Å². The number of aryl methyl sites for hydroxylation is 2. The first-order chi connectivity index (χ1) is 17.9. The van der Waals surface area contributed by atoms with E-state index in [0.29, 0.717) is 6.54 Å². The normalized spacial score (nSPS) is 13.2. The number of aromatic nitrogens is 1. The summed E-state index contributed by atoms with van der Waals surface area (Å²) in [7, 11) is -3.61. The van der Waals surface area contributed by atoms with Crippen LogP contribution in [0.25, 0.3) is 0 Å². The fourth-order valence-corrected chi connectivity index (χ4v) is 4.44. The van der Waals surface area contributed by atoms with Gasteiger partial charge in [0.15, 0.2) is 0 Å². The highest BCUT2D eigenvalue weighted by atomic mass is 32.2. The van der Waals surface area contributed by atoms with Gasteiger partial charge in [-0.2, -0.15) is 0 Å². The number of nitrogens with zero attached hydrogens (tertiary/aromatic N) is 1. The summed E-state index contributed by atoms with van der Waals surface area (Å²) in [6.07, 6.45) is 0.361. The Morgan fingerprint density at radius 1 is 1.11 bits per heavy atom. The molecule has 206 valence electrons. The van der Waals surface area contributed by atoms with Crippen molar-refractivity contribution < 1.29 is 31.5 Å². The molecule has 3 rings (SSSR count). The van der Waals surface area contributed by atoms with Crippen LogP contribution >= 0.6 is 0 Å². The van der Waals surface area contributed by atoms with Crippen LogP contribution < -0.4 is 15.4 Å². The molecule has 0 fully saturated rings. The Hall–Kier alpha value is -3.35. The molecule has 38 heavy (non-hydrogen) atoms. The van der Waals surface area contributed by atoms with Gasteiger partial charge >= 0.3 is 0 Å². The highest BCUT2D eigenvalue weighted by Crippen LogP contribution is 2.18. The number of halogens is 2. The van der Waals surface area contributed by atoms with E-state index in [2.05, 4.69) is 33.3 Å². The summed E-state index contributed by atoms with van der Waals surface area (Å²) in [6.45, 7) is 4.15. The number of oxazole rings is 1. The van der Waals surface area contributed by atoms with E-state index in [4.69, 9.17) is 4.42 Å². The molecule has 0 saturated heterocycles. The van der Waals surface area contributed by atoms with Gasteiger partial charge in [0.25, 0.3) is 0 Å². The van der Waals surface area contributed by atoms with Crippen LogP contribution in [0.2, 0.25) is 0 Å². The van der Waals surface area contributed by atoms with E-state index in [1.54, 1.807) is 0 Å².